The third-order valence-corrected chi connectivity index (χ3v) is 5.16. The molecular weight excluding hydrogens is 412 g/mol. The molecule has 1 fully saturated rings. The van der Waals surface area contributed by atoms with Crippen molar-refractivity contribution >= 4 is 62.2 Å². The second-order valence-corrected chi connectivity index (χ2v) is 7.26. The van der Waals surface area contributed by atoms with E-state index in [-0.39, 0.29) is 17.8 Å². The van der Waals surface area contributed by atoms with Crippen LogP contribution in [-0.4, -0.2) is 22.7 Å². The number of halogens is 2. The smallest absolute Gasteiger partial charge is 0.295 e. The number of carbonyl (C=O) groups excluding carboxylic acids is 2. The van der Waals surface area contributed by atoms with Gasteiger partial charge in [-0.15, -0.1) is 0 Å². The number of thioether (sulfide) groups is 1. The number of carbonyl (C=O) groups is 2. The SMILES string of the molecule is O=C1SC(=Cc2cccc(Cl)c2)C(=O)N1CNc1ccccc1Br. The number of para-hydroxylation sites is 1. The van der Waals surface area contributed by atoms with Crippen molar-refractivity contribution in [3.8, 4) is 0 Å². The number of benzene rings is 2. The Balaban J connectivity index is 1.73. The predicted molar refractivity (Wildman–Crippen MR) is 102 cm³/mol. The maximum absolute atomic E-state index is 12.4. The van der Waals surface area contributed by atoms with Gasteiger partial charge in [0.2, 0.25) is 0 Å². The highest BCUT2D eigenvalue weighted by atomic mass is 79.9. The van der Waals surface area contributed by atoms with Crippen LogP contribution in [0.3, 0.4) is 0 Å². The van der Waals surface area contributed by atoms with Crippen molar-refractivity contribution in [2.45, 2.75) is 0 Å². The molecule has 1 N–H and O–H groups in total. The van der Waals surface area contributed by atoms with Crippen LogP contribution in [0.2, 0.25) is 5.02 Å². The van der Waals surface area contributed by atoms with E-state index in [0.717, 1.165) is 27.5 Å². The molecule has 0 bridgehead atoms. The topological polar surface area (TPSA) is 49.4 Å². The fraction of sp³-hybridized carbons (Fsp3) is 0.0588. The maximum atomic E-state index is 12.4. The Morgan fingerprint density at radius 3 is 2.71 bits per heavy atom. The molecule has 0 saturated carbocycles. The van der Waals surface area contributed by atoms with E-state index in [1.165, 1.54) is 4.90 Å². The zero-order valence-electron chi connectivity index (χ0n) is 12.3. The largest absolute Gasteiger partial charge is 0.366 e. The number of hydrogen-bond donors (Lipinski definition) is 1. The fourth-order valence-electron chi connectivity index (χ4n) is 2.15. The van der Waals surface area contributed by atoms with Crippen molar-refractivity contribution in [2.24, 2.45) is 0 Å². The van der Waals surface area contributed by atoms with Gasteiger partial charge in [-0.25, -0.2) is 0 Å². The monoisotopic (exact) mass is 422 g/mol. The molecular formula is C17H12BrClN2O2S. The van der Waals surface area contributed by atoms with Gasteiger partial charge in [0, 0.05) is 15.2 Å². The molecule has 1 aliphatic rings. The fourth-order valence-corrected chi connectivity index (χ4v) is 3.61. The third kappa shape index (κ3) is 3.83. The molecule has 1 saturated heterocycles. The summed E-state index contributed by atoms with van der Waals surface area (Å²) in [5.41, 5.74) is 1.60. The lowest BCUT2D eigenvalue weighted by atomic mass is 10.2. The van der Waals surface area contributed by atoms with Crippen LogP contribution in [0.1, 0.15) is 5.56 Å². The van der Waals surface area contributed by atoms with Crippen LogP contribution in [0.5, 0.6) is 0 Å². The Labute approximate surface area is 157 Å². The van der Waals surface area contributed by atoms with Crippen LogP contribution in [0, 0.1) is 0 Å². The van der Waals surface area contributed by atoms with Gasteiger partial charge >= 0.3 is 0 Å². The molecule has 2 aromatic rings. The number of rotatable bonds is 4. The Morgan fingerprint density at radius 1 is 1.17 bits per heavy atom. The summed E-state index contributed by atoms with van der Waals surface area (Å²) in [6, 6.07) is 14.6. The zero-order valence-corrected chi connectivity index (χ0v) is 15.5. The first-order valence-corrected chi connectivity index (χ1v) is 9.02. The summed E-state index contributed by atoms with van der Waals surface area (Å²) in [5, 5.41) is 3.37. The minimum atomic E-state index is -0.315. The van der Waals surface area contributed by atoms with Gasteiger partial charge in [-0.3, -0.25) is 14.5 Å². The Bertz CT molecular complexity index is 841. The summed E-state index contributed by atoms with van der Waals surface area (Å²) in [4.78, 5) is 26.1. The second kappa shape index (κ2) is 7.42. The molecule has 0 spiro atoms. The van der Waals surface area contributed by atoms with Gasteiger partial charge in [0.1, 0.15) is 0 Å². The molecule has 2 amide bonds. The van der Waals surface area contributed by atoms with E-state index in [2.05, 4.69) is 21.2 Å². The molecule has 2 aromatic carbocycles. The molecule has 0 radical (unpaired) electrons. The number of nitrogens with zero attached hydrogens (tertiary/aromatic N) is 1. The van der Waals surface area contributed by atoms with Crippen LogP contribution in [-0.2, 0) is 4.79 Å². The molecule has 0 aromatic heterocycles. The summed E-state index contributed by atoms with van der Waals surface area (Å²) in [5.74, 6) is -0.315. The van der Waals surface area contributed by atoms with Gasteiger partial charge in [-0.05, 0) is 63.6 Å². The molecule has 24 heavy (non-hydrogen) atoms. The predicted octanol–water partition coefficient (Wildman–Crippen LogP) is 5.21. The standard InChI is InChI=1S/C17H12BrClN2O2S/c18-13-6-1-2-7-14(13)20-10-21-16(22)15(24-17(21)23)9-11-4-3-5-12(19)8-11/h1-9,20H,10H2. The van der Waals surface area contributed by atoms with E-state index in [0.29, 0.717) is 9.93 Å². The first-order chi connectivity index (χ1) is 11.5. The quantitative estimate of drug-likeness (QED) is 0.686. The van der Waals surface area contributed by atoms with E-state index >= 15 is 0 Å². The van der Waals surface area contributed by atoms with E-state index in [4.69, 9.17) is 11.6 Å². The van der Waals surface area contributed by atoms with Crippen LogP contribution < -0.4 is 5.32 Å². The molecule has 3 rings (SSSR count). The van der Waals surface area contributed by atoms with Crippen LogP contribution >= 0.6 is 39.3 Å². The molecule has 1 heterocycles. The van der Waals surface area contributed by atoms with Crippen LogP contribution in [0.15, 0.2) is 57.9 Å². The third-order valence-electron chi connectivity index (χ3n) is 3.32. The van der Waals surface area contributed by atoms with Crippen LogP contribution in [0.4, 0.5) is 10.5 Å². The summed E-state index contributed by atoms with van der Waals surface area (Å²) < 4.78 is 0.867. The second-order valence-electron chi connectivity index (χ2n) is 4.98. The number of nitrogens with one attached hydrogen (secondary N) is 1. The lowest BCUT2D eigenvalue weighted by molar-refractivity contribution is -0.122. The van der Waals surface area contributed by atoms with Gasteiger partial charge in [0.15, 0.2) is 0 Å². The average molecular weight is 424 g/mol. The van der Waals surface area contributed by atoms with Crippen molar-refractivity contribution in [1.82, 2.24) is 4.90 Å². The van der Waals surface area contributed by atoms with Gasteiger partial charge in [-0.2, -0.15) is 0 Å². The molecule has 1 aliphatic heterocycles. The number of hydrogen-bond acceptors (Lipinski definition) is 4. The van der Waals surface area contributed by atoms with Crippen molar-refractivity contribution < 1.29 is 9.59 Å². The van der Waals surface area contributed by atoms with Crippen molar-refractivity contribution in [3.05, 3.63) is 68.5 Å². The van der Waals surface area contributed by atoms with E-state index in [9.17, 15) is 9.59 Å². The number of imide groups is 1. The van der Waals surface area contributed by atoms with E-state index in [1.807, 2.05) is 30.3 Å². The van der Waals surface area contributed by atoms with Gasteiger partial charge < -0.3 is 5.32 Å². The first-order valence-electron chi connectivity index (χ1n) is 7.04. The van der Waals surface area contributed by atoms with Crippen LogP contribution in [0.25, 0.3) is 6.08 Å². The lowest BCUT2D eigenvalue weighted by Gasteiger charge is -2.15. The Morgan fingerprint density at radius 2 is 1.96 bits per heavy atom. The highest BCUT2D eigenvalue weighted by molar-refractivity contribution is 9.10. The van der Waals surface area contributed by atoms with E-state index < -0.39 is 0 Å². The minimum absolute atomic E-state index is 0.111. The molecule has 122 valence electrons. The lowest BCUT2D eigenvalue weighted by Crippen LogP contribution is -2.33. The highest BCUT2D eigenvalue weighted by Gasteiger charge is 2.34. The molecule has 0 aliphatic carbocycles. The first kappa shape index (κ1) is 17.1. The van der Waals surface area contributed by atoms with Crippen molar-refractivity contribution in [1.29, 1.82) is 0 Å². The number of amides is 2. The van der Waals surface area contributed by atoms with E-state index in [1.54, 1.807) is 24.3 Å². The van der Waals surface area contributed by atoms with Crippen molar-refractivity contribution in [3.63, 3.8) is 0 Å². The Kier molecular flexibility index (Phi) is 5.28. The zero-order chi connectivity index (χ0) is 17.1. The maximum Gasteiger partial charge on any atom is 0.295 e. The van der Waals surface area contributed by atoms with Crippen molar-refractivity contribution in [2.75, 3.05) is 12.0 Å². The minimum Gasteiger partial charge on any atom is -0.366 e. The summed E-state index contributed by atoms with van der Waals surface area (Å²) in [7, 11) is 0. The normalized spacial score (nSPS) is 16.1. The molecule has 4 nitrogen and oxygen atoms in total. The Hall–Kier alpha value is -1.76. The summed E-state index contributed by atoms with van der Waals surface area (Å²) >= 11 is 10.3. The number of anilines is 1. The van der Waals surface area contributed by atoms with Gasteiger partial charge in [0.25, 0.3) is 11.1 Å². The van der Waals surface area contributed by atoms with Gasteiger partial charge in [0.05, 0.1) is 11.6 Å². The van der Waals surface area contributed by atoms with Gasteiger partial charge in [-0.1, -0.05) is 35.9 Å². The highest BCUT2D eigenvalue weighted by Crippen LogP contribution is 2.32. The summed E-state index contributed by atoms with van der Waals surface area (Å²) in [6.07, 6.45) is 1.68. The molecule has 0 atom stereocenters. The summed E-state index contributed by atoms with van der Waals surface area (Å²) in [6.45, 7) is 0.111. The molecule has 7 heteroatoms. The molecule has 0 unspecified atom stereocenters. The average Bonchev–Trinajstić information content (AvgIpc) is 2.81.